The van der Waals surface area contributed by atoms with Gasteiger partial charge in [0.1, 0.15) is 17.3 Å². The highest BCUT2D eigenvalue weighted by Gasteiger charge is 2.37. The fourth-order valence-corrected chi connectivity index (χ4v) is 3.97. The fraction of sp³-hybridized carbons (Fsp3) is 0.667. The molecule has 0 saturated carbocycles. The Balaban J connectivity index is 2.89. The Morgan fingerprint density at radius 2 is 2.00 bits per heavy atom. The van der Waals surface area contributed by atoms with Crippen LogP contribution in [0.3, 0.4) is 0 Å². The zero-order valence-electron chi connectivity index (χ0n) is 9.70. The summed E-state index contributed by atoms with van der Waals surface area (Å²) >= 11 is 0. The lowest BCUT2D eigenvalue weighted by Gasteiger charge is -2.20. The average molecular weight is 293 g/mol. The van der Waals surface area contributed by atoms with E-state index in [9.17, 15) is 14.4 Å². The fourth-order valence-electron chi connectivity index (χ4n) is 1.16. The van der Waals surface area contributed by atoms with E-state index in [2.05, 4.69) is 4.74 Å². The van der Waals surface area contributed by atoms with Crippen molar-refractivity contribution in [2.45, 2.75) is 30.3 Å². The van der Waals surface area contributed by atoms with Gasteiger partial charge in [0, 0.05) is 5.75 Å². The summed E-state index contributed by atoms with van der Waals surface area (Å²) in [4.78, 5) is 34.7. The van der Waals surface area contributed by atoms with E-state index in [4.69, 9.17) is 17.2 Å². The largest absolute Gasteiger partial charge is 0.391 e. The van der Waals surface area contributed by atoms with Crippen LogP contribution in [0.25, 0.3) is 0 Å². The molecule has 18 heavy (non-hydrogen) atoms. The second-order valence-corrected chi connectivity index (χ2v) is 6.42. The second-order valence-electron chi connectivity index (χ2n) is 3.86. The monoisotopic (exact) mass is 293 g/mol. The first kappa shape index (κ1) is 15.4. The van der Waals surface area contributed by atoms with Crippen LogP contribution in [0.5, 0.6) is 0 Å². The maximum absolute atomic E-state index is 11.8. The molecule has 0 radical (unpaired) electrons. The SMILES string of the molecule is C[C@H](N)C(=O)C1SSC[C@H](N)C(=O)OC(=O)[C@H]1N. The first-order valence-electron chi connectivity index (χ1n) is 5.19. The Morgan fingerprint density at radius 1 is 1.39 bits per heavy atom. The first-order chi connectivity index (χ1) is 8.34. The summed E-state index contributed by atoms with van der Waals surface area (Å²) in [5.74, 6) is -1.92. The molecule has 0 bridgehead atoms. The number of carbonyl (C=O) groups is 3. The molecule has 1 heterocycles. The van der Waals surface area contributed by atoms with Crippen molar-refractivity contribution in [1.29, 1.82) is 0 Å². The maximum atomic E-state index is 11.8. The van der Waals surface area contributed by atoms with Crippen LogP contribution in [-0.4, -0.2) is 46.9 Å². The zero-order chi connectivity index (χ0) is 13.9. The summed E-state index contributed by atoms with van der Waals surface area (Å²) < 4.78 is 4.51. The van der Waals surface area contributed by atoms with Crippen molar-refractivity contribution in [3.05, 3.63) is 0 Å². The van der Waals surface area contributed by atoms with Crippen LogP contribution in [0.15, 0.2) is 0 Å². The van der Waals surface area contributed by atoms with E-state index in [0.717, 1.165) is 10.8 Å². The van der Waals surface area contributed by atoms with Crippen LogP contribution in [0.2, 0.25) is 0 Å². The molecule has 0 aliphatic carbocycles. The van der Waals surface area contributed by atoms with Crippen molar-refractivity contribution in [3.63, 3.8) is 0 Å². The lowest BCUT2D eigenvalue weighted by molar-refractivity contribution is -0.161. The van der Waals surface area contributed by atoms with Gasteiger partial charge in [-0.3, -0.25) is 4.79 Å². The van der Waals surface area contributed by atoms with Gasteiger partial charge in [0.05, 0.1) is 6.04 Å². The minimum absolute atomic E-state index is 0.228. The Labute approximate surface area is 112 Å². The van der Waals surface area contributed by atoms with Gasteiger partial charge in [-0.05, 0) is 6.92 Å². The second kappa shape index (κ2) is 6.53. The van der Waals surface area contributed by atoms with Crippen molar-refractivity contribution < 1.29 is 19.1 Å². The maximum Gasteiger partial charge on any atom is 0.332 e. The number of carbonyl (C=O) groups excluding carboxylic acids is 3. The molecule has 4 atom stereocenters. The van der Waals surface area contributed by atoms with Gasteiger partial charge >= 0.3 is 11.9 Å². The van der Waals surface area contributed by atoms with Crippen LogP contribution >= 0.6 is 21.6 Å². The average Bonchev–Trinajstić information content (AvgIpc) is 2.35. The van der Waals surface area contributed by atoms with Crippen molar-refractivity contribution in [1.82, 2.24) is 0 Å². The van der Waals surface area contributed by atoms with Gasteiger partial charge in [-0.2, -0.15) is 0 Å². The molecule has 0 aromatic rings. The molecule has 0 spiro atoms. The standard InChI is InChI=1S/C9H15N3O4S2/c1-3(10)6(13)7-5(12)9(15)16-8(14)4(11)2-17-18-7/h3-5,7H,2,10-12H2,1H3/t3-,4-,5-,7?/m0/s1. The highest BCUT2D eigenvalue weighted by molar-refractivity contribution is 8.77. The molecule has 6 N–H and O–H groups in total. The molecule has 1 fully saturated rings. The van der Waals surface area contributed by atoms with E-state index in [1.54, 1.807) is 0 Å². The molecule has 1 aliphatic heterocycles. The van der Waals surface area contributed by atoms with Crippen molar-refractivity contribution in [2.24, 2.45) is 17.2 Å². The number of cyclic esters (lactones) is 2. The number of nitrogens with two attached hydrogens (primary N) is 3. The van der Waals surface area contributed by atoms with E-state index in [1.165, 1.54) is 17.7 Å². The quantitative estimate of drug-likeness (QED) is 0.312. The molecule has 102 valence electrons. The Bertz CT molecular complexity index is 364. The van der Waals surface area contributed by atoms with Crippen LogP contribution in [0.1, 0.15) is 6.92 Å². The molecule has 0 aromatic heterocycles. The lowest BCUT2D eigenvalue weighted by atomic mass is 10.1. The normalized spacial score (nSPS) is 31.9. The van der Waals surface area contributed by atoms with E-state index in [0.29, 0.717) is 0 Å². The van der Waals surface area contributed by atoms with Crippen LogP contribution in [0.4, 0.5) is 0 Å². The first-order valence-corrected chi connectivity index (χ1v) is 7.57. The van der Waals surface area contributed by atoms with Gasteiger partial charge in [0.25, 0.3) is 0 Å². The zero-order valence-corrected chi connectivity index (χ0v) is 11.3. The number of rotatable bonds is 2. The van der Waals surface area contributed by atoms with Gasteiger partial charge in [0.15, 0.2) is 5.78 Å². The molecule has 0 aromatic carbocycles. The van der Waals surface area contributed by atoms with Crippen molar-refractivity contribution in [3.8, 4) is 0 Å². The van der Waals surface area contributed by atoms with Gasteiger partial charge in [0.2, 0.25) is 0 Å². The number of hydrogen-bond donors (Lipinski definition) is 3. The molecule has 1 unspecified atom stereocenters. The molecule has 9 heteroatoms. The summed E-state index contributed by atoms with van der Waals surface area (Å²) in [7, 11) is 2.29. The van der Waals surface area contributed by atoms with E-state index in [1.807, 2.05) is 0 Å². The predicted octanol–water partition coefficient (Wildman–Crippen LogP) is -1.61. The van der Waals surface area contributed by atoms with E-state index < -0.39 is 35.3 Å². The van der Waals surface area contributed by atoms with Gasteiger partial charge < -0.3 is 21.9 Å². The van der Waals surface area contributed by atoms with Crippen LogP contribution < -0.4 is 17.2 Å². The highest BCUT2D eigenvalue weighted by Crippen LogP contribution is 2.31. The number of Topliss-reactive ketones (excluding diaryl/α,β-unsaturated/α-hetero) is 1. The van der Waals surface area contributed by atoms with E-state index >= 15 is 0 Å². The molecular weight excluding hydrogens is 278 g/mol. The van der Waals surface area contributed by atoms with Crippen LogP contribution in [-0.2, 0) is 19.1 Å². The Kier molecular flexibility index (Phi) is 5.60. The smallest absolute Gasteiger partial charge is 0.332 e. The summed E-state index contributed by atoms with van der Waals surface area (Å²) in [5, 5.41) is -0.847. The summed E-state index contributed by atoms with van der Waals surface area (Å²) in [6.07, 6.45) is 0. The highest BCUT2D eigenvalue weighted by atomic mass is 33.1. The third-order valence-electron chi connectivity index (χ3n) is 2.25. The summed E-state index contributed by atoms with van der Waals surface area (Å²) in [6.45, 7) is 1.51. The Morgan fingerprint density at radius 3 is 2.56 bits per heavy atom. The summed E-state index contributed by atoms with van der Waals surface area (Å²) in [6, 6.07) is -2.88. The van der Waals surface area contributed by atoms with Crippen molar-refractivity contribution in [2.75, 3.05) is 5.75 Å². The van der Waals surface area contributed by atoms with Gasteiger partial charge in [-0.15, -0.1) is 0 Å². The number of esters is 2. The van der Waals surface area contributed by atoms with E-state index in [-0.39, 0.29) is 11.5 Å². The Hall–Kier alpha value is -0.610. The number of ether oxygens (including phenoxy) is 1. The minimum Gasteiger partial charge on any atom is -0.391 e. The topological polar surface area (TPSA) is 139 Å². The number of ketones is 1. The molecule has 1 saturated heterocycles. The van der Waals surface area contributed by atoms with Gasteiger partial charge in [-0.1, -0.05) is 21.6 Å². The molecular formula is C9H15N3O4S2. The molecule has 1 aliphatic rings. The molecule has 0 amide bonds. The molecule has 7 nitrogen and oxygen atoms in total. The predicted molar refractivity (Wildman–Crippen MR) is 69.5 cm³/mol. The van der Waals surface area contributed by atoms with Gasteiger partial charge in [-0.25, -0.2) is 9.59 Å². The van der Waals surface area contributed by atoms with Crippen LogP contribution in [0, 0.1) is 0 Å². The number of hydrogen-bond acceptors (Lipinski definition) is 9. The van der Waals surface area contributed by atoms with Crippen molar-refractivity contribution >= 4 is 39.3 Å². The summed E-state index contributed by atoms with van der Waals surface area (Å²) in [5.41, 5.74) is 16.6. The minimum atomic E-state index is -1.23. The molecule has 1 rings (SSSR count). The lowest BCUT2D eigenvalue weighted by Crippen LogP contribution is -2.50. The third kappa shape index (κ3) is 3.69. The third-order valence-corrected chi connectivity index (χ3v) is 5.05.